The Bertz CT molecular complexity index is 728. The van der Waals surface area contributed by atoms with Crippen LogP contribution in [0.3, 0.4) is 0 Å². The number of fused-ring (bicyclic) bond motifs is 1. The van der Waals surface area contributed by atoms with E-state index in [1.165, 1.54) is 12.1 Å². The highest BCUT2D eigenvalue weighted by Gasteiger charge is 2.05. The van der Waals surface area contributed by atoms with Crippen LogP contribution in [0.5, 0.6) is 0 Å². The molecule has 0 atom stereocenters. The normalized spacial score (nSPS) is 10.8. The number of rotatable bonds is 2. The van der Waals surface area contributed by atoms with Crippen LogP contribution in [0.25, 0.3) is 10.9 Å². The standard InChI is InChI=1S/C14H13FN4/c1-8-2-10(15)5-11(3-8)18-14-6-13-9(4-12(14)16)7-17-19-13/h2-7,18H,16H2,1H3,(H,17,19). The maximum absolute atomic E-state index is 13.3. The SMILES string of the molecule is Cc1cc(F)cc(Nc2cc3[nH]ncc3cc2N)c1. The Hall–Kier alpha value is -2.56. The van der Waals surface area contributed by atoms with Gasteiger partial charge in [0.2, 0.25) is 0 Å². The molecule has 0 radical (unpaired) electrons. The van der Waals surface area contributed by atoms with Gasteiger partial charge in [-0.15, -0.1) is 0 Å². The summed E-state index contributed by atoms with van der Waals surface area (Å²) in [5.41, 5.74) is 9.69. The lowest BCUT2D eigenvalue weighted by Gasteiger charge is -2.10. The lowest BCUT2D eigenvalue weighted by Crippen LogP contribution is -1.97. The summed E-state index contributed by atoms with van der Waals surface area (Å²) in [7, 11) is 0. The predicted molar refractivity (Wildman–Crippen MR) is 74.9 cm³/mol. The Morgan fingerprint density at radius 2 is 2.05 bits per heavy atom. The van der Waals surface area contributed by atoms with Crippen LogP contribution in [0.15, 0.2) is 36.5 Å². The molecule has 4 nitrogen and oxygen atoms in total. The molecule has 1 aromatic heterocycles. The van der Waals surface area contributed by atoms with Crippen LogP contribution < -0.4 is 11.1 Å². The minimum absolute atomic E-state index is 0.274. The van der Waals surface area contributed by atoms with E-state index in [4.69, 9.17) is 5.73 Å². The van der Waals surface area contributed by atoms with Gasteiger partial charge >= 0.3 is 0 Å². The molecule has 0 spiro atoms. The van der Waals surface area contributed by atoms with Gasteiger partial charge in [-0.1, -0.05) is 0 Å². The Morgan fingerprint density at radius 1 is 1.21 bits per heavy atom. The summed E-state index contributed by atoms with van der Waals surface area (Å²) in [6.07, 6.45) is 1.71. The topological polar surface area (TPSA) is 66.7 Å². The van der Waals surface area contributed by atoms with Crippen molar-refractivity contribution in [3.8, 4) is 0 Å². The molecule has 0 aliphatic heterocycles. The molecule has 4 N–H and O–H groups in total. The fourth-order valence-corrected chi connectivity index (χ4v) is 2.08. The van der Waals surface area contributed by atoms with E-state index in [2.05, 4.69) is 15.5 Å². The van der Waals surface area contributed by atoms with Gasteiger partial charge in [-0.2, -0.15) is 5.10 Å². The van der Waals surface area contributed by atoms with E-state index in [0.717, 1.165) is 22.2 Å². The molecule has 2 aromatic carbocycles. The lowest BCUT2D eigenvalue weighted by atomic mass is 10.1. The van der Waals surface area contributed by atoms with E-state index in [0.29, 0.717) is 11.4 Å². The molecule has 0 fully saturated rings. The Labute approximate surface area is 109 Å². The number of H-pyrrole nitrogens is 1. The fraction of sp³-hybridized carbons (Fsp3) is 0.0714. The smallest absolute Gasteiger partial charge is 0.125 e. The van der Waals surface area contributed by atoms with Crippen molar-refractivity contribution in [1.82, 2.24) is 10.2 Å². The van der Waals surface area contributed by atoms with Gasteiger partial charge in [-0.3, -0.25) is 5.10 Å². The van der Waals surface area contributed by atoms with E-state index in [1.54, 1.807) is 6.20 Å². The van der Waals surface area contributed by atoms with Crippen molar-refractivity contribution in [2.75, 3.05) is 11.1 Å². The predicted octanol–water partition coefficient (Wildman–Crippen LogP) is 3.34. The lowest BCUT2D eigenvalue weighted by molar-refractivity contribution is 0.627. The number of nitrogens with two attached hydrogens (primary N) is 1. The molecule has 5 heteroatoms. The number of hydrogen-bond acceptors (Lipinski definition) is 3. The van der Waals surface area contributed by atoms with Crippen molar-refractivity contribution in [1.29, 1.82) is 0 Å². The van der Waals surface area contributed by atoms with Gasteiger partial charge in [0.25, 0.3) is 0 Å². The summed E-state index contributed by atoms with van der Waals surface area (Å²) in [5.74, 6) is -0.274. The quantitative estimate of drug-likeness (QED) is 0.616. The van der Waals surface area contributed by atoms with Crippen molar-refractivity contribution >= 4 is 28.0 Å². The van der Waals surface area contributed by atoms with Crippen molar-refractivity contribution in [2.24, 2.45) is 0 Å². The van der Waals surface area contributed by atoms with Crippen LogP contribution >= 0.6 is 0 Å². The van der Waals surface area contributed by atoms with Gasteiger partial charge in [0.05, 0.1) is 23.1 Å². The molecule has 96 valence electrons. The first-order valence-electron chi connectivity index (χ1n) is 5.88. The first-order valence-corrected chi connectivity index (χ1v) is 5.88. The number of hydrogen-bond donors (Lipinski definition) is 3. The molecule has 0 bridgehead atoms. The first kappa shape index (κ1) is 11.5. The monoisotopic (exact) mass is 256 g/mol. The summed E-state index contributed by atoms with van der Waals surface area (Å²) in [4.78, 5) is 0. The molecule has 3 aromatic rings. The summed E-state index contributed by atoms with van der Waals surface area (Å²) in [6.45, 7) is 1.84. The highest BCUT2D eigenvalue weighted by molar-refractivity contribution is 5.89. The number of nitrogen functional groups attached to an aromatic ring is 1. The molecule has 0 aliphatic rings. The van der Waals surface area contributed by atoms with Gasteiger partial charge in [-0.05, 0) is 42.8 Å². The number of anilines is 3. The third-order valence-corrected chi connectivity index (χ3v) is 2.93. The summed E-state index contributed by atoms with van der Waals surface area (Å²) in [6, 6.07) is 8.46. The number of nitrogens with one attached hydrogen (secondary N) is 2. The number of aromatic nitrogens is 2. The van der Waals surface area contributed by atoms with Gasteiger partial charge in [0.15, 0.2) is 0 Å². The Morgan fingerprint density at radius 3 is 2.84 bits per heavy atom. The van der Waals surface area contributed by atoms with Gasteiger partial charge < -0.3 is 11.1 Å². The minimum Gasteiger partial charge on any atom is -0.397 e. The minimum atomic E-state index is -0.274. The largest absolute Gasteiger partial charge is 0.397 e. The van der Waals surface area contributed by atoms with Gasteiger partial charge in [0.1, 0.15) is 5.82 Å². The van der Waals surface area contributed by atoms with Crippen molar-refractivity contribution in [3.63, 3.8) is 0 Å². The number of aryl methyl sites for hydroxylation is 1. The average molecular weight is 256 g/mol. The van der Waals surface area contributed by atoms with Crippen LogP contribution in [0.1, 0.15) is 5.56 Å². The second kappa shape index (κ2) is 4.28. The van der Waals surface area contributed by atoms with E-state index in [9.17, 15) is 4.39 Å². The Balaban J connectivity index is 2.02. The van der Waals surface area contributed by atoms with Crippen molar-refractivity contribution < 1.29 is 4.39 Å². The van der Waals surface area contributed by atoms with Gasteiger partial charge in [-0.25, -0.2) is 4.39 Å². The highest BCUT2D eigenvalue weighted by Crippen LogP contribution is 2.28. The zero-order valence-corrected chi connectivity index (χ0v) is 10.4. The van der Waals surface area contributed by atoms with E-state index in [-0.39, 0.29) is 5.82 Å². The molecule has 3 rings (SSSR count). The molecule has 1 heterocycles. The van der Waals surface area contributed by atoms with Crippen LogP contribution in [-0.4, -0.2) is 10.2 Å². The average Bonchev–Trinajstić information content (AvgIpc) is 2.75. The van der Waals surface area contributed by atoms with Crippen molar-refractivity contribution in [2.45, 2.75) is 6.92 Å². The van der Waals surface area contributed by atoms with Crippen LogP contribution in [-0.2, 0) is 0 Å². The first-order chi connectivity index (χ1) is 9.11. The summed E-state index contributed by atoms with van der Waals surface area (Å²) >= 11 is 0. The molecule has 0 saturated heterocycles. The third kappa shape index (κ3) is 2.22. The molecule has 0 saturated carbocycles. The molecular weight excluding hydrogens is 243 g/mol. The molecule has 0 amide bonds. The van der Waals surface area contributed by atoms with E-state index >= 15 is 0 Å². The van der Waals surface area contributed by atoms with Crippen LogP contribution in [0.2, 0.25) is 0 Å². The van der Waals surface area contributed by atoms with Gasteiger partial charge in [0, 0.05) is 11.1 Å². The number of nitrogens with zero attached hydrogens (tertiary/aromatic N) is 1. The third-order valence-electron chi connectivity index (χ3n) is 2.93. The van der Waals surface area contributed by atoms with Crippen molar-refractivity contribution in [3.05, 3.63) is 47.9 Å². The zero-order chi connectivity index (χ0) is 13.4. The second-order valence-corrected chi connectivity index (χ2v) is 4.54. The molecule has 0 aliphatic carbocycles. The van der Waals surface area contributed by atoms with E-state index in [1.807, 2.05) is 25.1 Å². The number of benzene rings is 2. The Kier molecular flexibility index (Phi) is 2.59. The molecule has 0 unspecified atom stereocenters. The highest BCUT2D eigenvalue weighted by atomic mass is 19.1. The maximum atomic E-state index is 13.3. The number of halogens is 1. The summed E-state index contributed by atoms with van der Waals surface area (Å²) in [5, 5.41) is 10.9. The fourth-order valence-electron chi connectivity index (χ4n) is 2.08. The summed E-state index contributed by atoms with van der Waals surface area (Å²) < 4.78 is 13.3. The molecular formula is C14H13FN4. The number of aromatic amines is 1. The molecule has 19 heavy (non-hydrogen) atoms. The van der Waals surface area contributed by atoms with Crippen LogP contribution in [0, 0.1) is 12.7 Å². The second-order valence-electron chi connectivity index (χ2n) is 4.54. The zero-order valence-electron chi connectivity index (χ0n) is 10.4. The van der Waals surface area contributed by atoms with E-state index < -0.39 is 0 Å². The van der Waals surface area contributed by atoms with Crippen LogP contribution in [0.4, 0.5) is 21.5 Å². The maximum Gasteiger partial charge on any atom is 0.125 e.